The molecular weight excluding hydrogens is 224 g/mol. The maximum atomic E-state index is 9.49. The molecule has 0 heterocycles. The average Bonchev–Trinajstić information content (AvgIpc) is 1.87. The zero-order chi connectivity index (χ0) is 9.98. The van der Waals surface area contributed by atoms with E-state index in [9.17, 15) is 19.8 Å². The van der Waals surface area contributed by atoms with Gasteiger partial charge in [-0.05, 0) is 12.8 Å². The molecule has 0 atom stereocenters. The Morgan fingerprint density at radius 1 is 0.929 bits per heavy atom. The standard InChI is InChI=1S/2C4H8O2.Ca.Mg.2H/c2*1-2-3-4(5)6;;;;/h2*2-3H2,1H3,(H,5,6);;;;/q;;+2;;;/p-2. The summed E-state index contributed by atoms with van der Waals surface area (Å²) in [5.74, 6) is -1.92. The summed E-state index contributed by atoms with van der Waals surface area (Å²) in [5.41, 5.74) is 0. The fourth-order valence-electron chi connectivity index (χ4n) is 0.408. The molecule has 0 unspecified atom stereocenters. The number of rotatable bonds is 4. The molecule has 0 aromatic carbocycles. The maximum Gasteiger partial charge on any atom is 2.00 e. The van der Waals surface area contributed by atoms with Crippen LogP contribution in [0.3, 0.4) is 0 Å². The monoisotopic (exact) mass is 240 g/mol. The molecule has 0 saturated carbocycles. The van der Waals surface area contributed by atoms with E-state index in [-0.39, 0.29) is 73.6 Å². The molecule has 0 spiro atoms. The van der Waals surface area contributed by atoms with Gasteiger partial charge in [0.2, 0.25) is 0 Å². The zero-order valence-electron chi connectivity index (χ0n) is 8.17. The summed E-state index contributed by atoms with van der Waals surface area (Å²) in [7, 11) is 0. The Hall–Kier alpha value is 0.966. The molecule has 4 nitrogen and oxygen atoms in total. The van der Waals surface area contributed by atoms with E-state index in [0.29, 0.717) is 12.8 Å². The molecule has 0 radical (unpaired) electrons. The predicted octanol–water partition coefficient (Wildman–Crippen LogP) is -2.22. The van der Waals surface area contributed by atoms with Gasteiger partial charge >= 0.3 is 60.8 Å². The smallest absolute Gasteiger partial charge is 0.550 e. The van der Waals surface area contributed by atoms with Crippen LogP contribution in [0.5, 0.6) is 0 Å². The van der Waals surface area contributed by atoms with Gasteiger partial charge in [-0.2, -0.15) is 0 Å². The van der Waals surface area contributed by atoms with Gasteiger partial charge in [0.05, 0.1) is 0 Å². The van der Waals surface area contributed by atoms with Crippen molar-refractivity contribution in [2.75, 3.05) is 0 Å². The van der Waals surface area contributed by atoms with Crippen LogP contribution >= 0.6 is 0 Å². The molecule has 0 fully saturated rings. The van der Waals surface area contributed by atoms with Crippen molar-refractivity contribution in [1.29, 1.82) is 0 Å². The Morgan fingerprint density at radius 2 is 1.14 bits per heavy atom. The Kier molecular flexibility index (Phi) is 33.9. The molecular formula is C8H16CaMgO4. The van der Waals surface area contributed by atoms with Crippen molar-refractivity contribution in [2.45, 2.75) is 39.5 Å². The summed E-state index contributed by atoms with van der Waals surface area (Å²) in [4.78, 5) is 19.0. The van der Waals surface area contributed by atoms with Crippen LogP contribution in [0.2, 0.25) is 0 Å². The Labute approximate surface area is 131 Å². The summed E-state index contributed by atoms with van der Waals surface area (Å²) in [5, 5.41) is 19.0. The average molecular weight is 241 g/mol. The van der Waals surface area contributed by atoms with Gasteiger partial charge < -0.3 is 19.8 Å². The largest absolute Gasteiger partial charge is 2.00 e. The van der Waals surface area contributed by atoms with Gasteiger partial charge in [0.25, 0.3) is 0 Å². The zero-order valence-corrected chi connectivity index (χ0v) is 10.4. The minimum atomic E-state index is -0.961. The number of carboxylic acids is 2. The van der Waals surface area contributed by atoms with Gasteiger partial charge in [-0.25, -0.2) is 0 Å². The summed E-state index contributed by atoms with van der Waals surface area (Å²) in [6.07, 6.45) is 1.70. The predicted molar refractivity (Wildman–Crippen MR) is 54.1 cm³/mol. The fraction of sp³-hybridized carbons (Fsp3) is 0.750. The van der Waals surface area contributed by atoms with E-state index < -0.39 is 11.9 Å². The molecule has 0 aromatic heterocycles. The van der Waals surface area contributed by atoms with Crippen molar-refractivity contribution >= 4 is 72.7 Å². The van der Waals surface area contributed by atoms with Crippen molar-refractivity contribution in [3.63, 3.8) is 0 Å². The minimum absolute atomic E-state index is 0. The van der Waals surface area contributed by atoms with Gasteiger partial charge in [0.1, 0.15) is 0 Å². The van der Waals surface area contributed by atoms with Crippen LogP contribution in [0, 0.1) is 0 Å². The molecule has 0 saturated heterocycles. The number of aliphatic carboxylic acids is 2. The topological polar surface area (TPSA) is 80.3 Å². The second-order valence-corrected chi connectivity index (χ2v) is 2.24. The Bertz CT molecular complexity index is 125. The van der Waals surface area contributed by atoms with Crippen LogP contribution in [0.15, 0.2) is 0 Å². The normalized spacial score (nSPS) is 7.00. The number of carbonyl (C=O) groups excluding carboxylic acids is 2. The van der Waals surface area contributed by atoms with Crippen LogP contribution in [-0.2, 0) is 9.59 Å². The van der Waals surface area contributed by atoms with E-state index in [0.717, 1.165) is 0 Å². The van der Waals surface area contributed by atoms with E-state index in [1.54, 1.807) is 13.8 Å². The minimum Gasteiger partial charge on any atom is -0.550 e. The third-order valence-electron chi connectivity index (χ3n) is 0.908. The SMILES string of the molecule is CCCC(=O)[O-].CCCC(=O)[O-].[Ca+2].[MgH2]. The van der Waals surface area contributed by atoms with Gasteiger partial charge in [-0.15, -0.1) is 0 Å². The first-order valence-corrected chi connectivity index (χ1v) is 3.94. The van der Waals surface area contributed by atoms with Gasteiger partial charge in [0, 0.05) is 11.9 Å². The van der Waals surface area contributed by atoms with Crippen LogP contribution in [0.25, 0.3) is 0 Å². The van der Waals surface area contributed by atoms with Gasteiger partial charge in [-0.3, -0.25) is 0 Å². The summed E-state index contributed by atoms with van der Waals surface area (Å²) in [6, 6.07) is 0. The number of carboxylic acid groups (broad SMARTS) is 2. The first-order valence-electron chi connectivity index (χ1n) is 3.94. The third kappa shape index (κ3) is 38.3. The second kappa shape index (κ2) is 19.5. The van der Waals surface area contributed by atoms with Crippen molar-refractivity contribution in [3.8, 4) is 0 Å². The summed E-state index contributed by atoms with van der Waals surface area (Å²) >= 11 is 0. The Morgan fingerprint density at radius 3 is 1.14 bits per heavy atom. The van der Waals surface area contributed by atoms with Crippen molar-refractivity contribution in [1.82, 2.24) is 0 Å². The van der Waals surface area contributed by atoms with E-state index in [4.69, 9.17) is 0 Å². The molecule has 0 N–H and O–H groups in total. The first-order chi connectivity index (χ1) is 5.54. The fourth-order valence-corrected chi connectivity index (χ4v) is 0.408. The van der Waals surface area contributed by atoms with Gasteiger partial charge in [0.15, 0.2) is 0 Å². The second-order valence-electron chi connectivity index (χ2n) is 2.24. The van der Waals surface area contributed by atoms with Crippen molar-refractivity contribution < 1.29 is 19.8 Å². The first kappa shape index (κ1) is 24.3. The van der Waals surface area contributed by atoms with E-state index >= 15 is 0 Å². The molecule has 0 aliphatic heterocycles. The number of hydrogen-bond acceptors (Lipinski definition) is 4. The maximum absolute atomic E-state index is 9.49. The summed E-state index contributed by atoms with van der Waals surface area (Å²) < 4.78 is 0. The molecule has 76 valence electrons. The van der Waals surface area contributed by atoms with Crippen LogP contribution in [-0.4, -0.2) is 72.7 Å². The molecule has 0 aliphatic carbocycles. The molecule has 0 amide bonds. The van der Waals surface area contributed by atoms with Crippen molar-refractivity contribution in [2.24, 2.45) is 0 Å². The van der Waals surface area contributed by atoms with Crippen LogP contribution < -0.4 is 10.2 Å². The third-order valence-corrected chi connectivity index (χ3v) is 0.908. The van der Waals surface area contributed by atoms with E-state index in [2.05, 4.69) is 0 Å². The Balaban J connectivity index is -0.0000000625. The van der Waals surface area contributed by atoms with Crippen LogP contribution in [0.1, 0.15) is 39.5 Å². The molecule has 14 heavy (non-hydrogen) atoms. The molecule has 0 rings (SSSR count). The van der Waals surface area contributed by atoms with Crippen LogP contribution in [0.4, 0.5) is 0 Å². The quantitative estimate of drug-likeness (QED) is 0.521. The number of carbonyl (C=O) groups is 2. The van der Waals surface area contributed by atoms with E-state index in [1.165, 1.54) is 0 Å². The summed E-state index contributed by atoms with van der Waals surface area (Å²) in [6.45, 7) is 3.60. The van der Waals surface area contributed by atoms with Crippen molar-refractivity contribution in [3.05, 3.63) is 0 Å². The number of hydrogen-bond donors (Lipinski definition) is 0. The molecule has 0 bridgehead atoms. The molecule has 0 aromatic rings. The van der Waals surface area contributed by atoms with Gasteiger partial charge in [-0.1, -0.05) is 26.7 Å². The molecule has 6 heteroatoms. The molecule has 0 aliphatic rings. The van der Waals surface area contributed by atoms with E-state index in [1.807, 2.05) is 0 Å².